The summed E-state index contributed by atoms with van der Waals surface area (Å²) in [6.07, 6.45) is 1.69. The summed E-state index contributed by atoms with van der Waals surface area (Å²) in [7, 11) is 1.65. The van der Waals surface area contributed by atoms with Crippen molar-refractivity contribution in [2.24, 2.45) is 0 Å². The van der Waals surface area contributed by atoms with Gasteiger partial charge in [-0.05, 0) is 49.2 Å². The molecule has 1 fully saturated rings. The van der Waals surface area contributed by atoms with E-state index in [1.54, 1.807) is 25.3 Å². The van der Waals surface area contributed by atoms with E-state index in [1.165, 1.54) is 6.07 Å². The number of carbonyl (C=O) groups is 1. The number of methoxy groups -OCH3 is 1. The van der Waals surface area contributed by atoms with Gasteiger partial charge in [-0.15, -0.1) is 0 Å². The van der Waals surface area contributed by atoms with E-state index in [4.69, 9.17) is 4.74 Å². The average molecular weight is 343 g/mol. The molecule has 1 heterocycles. The molecule has 0 aromatic heterocycles. The van der Waals surface area contributed by atoms with Gasteiger partial charge in [0.1, 0.15) is 11.6 Å². The van der Waals surface area contributed by atoms with Crippen LogP contribution >= 0.6 is 0 Å². The van der Waals surface area contributed by atoms with Crippen LogP contribution in [-0.2, 0) is 0 Å². The molecule has 1 saturated heterocycles. The molecule has 25 heavy (non-hydrogen) atoms. The van der Waals surface area contributed by atoms with E-state index in [0.29, 0.717) is 0 Å². The van der Waals surface area contributed by atoms with E-state index < -0.39 is 5.82 Å². The smallest absolute Gasteiger partial charge is 0.319 e. The molecule has 1 aliphatic heterocycles. The molecular weight excluding hydrogens is 321 g/mol. The minimum atomic E-state index is -0.438. The van der Waals surface area contributed by atoms with Gasteiger partial charge in [0.05, 0.1) is 12.8 Å². The zero-order chi connectivity index (χ0) is 17.6. The summed E-state index contributed by atoms with van der Waals surface area (Å²) >= 11 is 0. The molecule has 2 aromatic rings. The normalized spacial score (nSPS) is 14.9. The Morgan fingerprint density at radius 1 is 1.12 bits per heavy atom. The van der Waals surface area contributed by atoms with Crippen molar-refractivity contribution in [2.45, 2.75) is 18.9 Å². The molecule has 0 atom stereocenters. The Bertz CT molecular complexity index is 713. The highest BCUT2D eigenvalue weighted by molar-refractivity contribution is 5.89. The molecule has 0 saturated carbocycles. The van der Waals surface area contributed by atoms with Crippen molar-refractivity contribution in [1.82, 2.24) is 5.32 Å². The van der Waals surface area contributed by atoms with Gasteiger partial charge in [0, 0.05) is 24.8 Å². The zero-order valence-corrected chi connectivity index (χ0v) is 14.2. The van der Waals surface area contributed by atoms with E-state index in [9.17, 15) is 9.18 Å². The number of urea groups is 1. The number of piperidine rings is 1. The van der Waals surface area contributed by atoms with Crippen LogP contribution in [0.25, 0.3) is 0 Å². The second kappa shape index (κ2) is 7.88. The lowest BCUT2D eigenvalue weighted by atomic mass is 10.0. The number of nitrogens with zero attached hydrogens (tertiary/aromatic N) is 1. The molecule has 2 N–H and O–H groups in total. The highest BCUT2D eigenvalue weighted by Gasteiger charge is 2.21. The van der Waals surface area contributed by atoms with Crippen LogP contribution < -0.4 is 20.3 Å². The maximum Gasteiger partial charge on any atom is 0.319 e. The fraction of sp³-hybridized carbons (Fsp3) is 0.316. The van der Waals surface area contributed by atoms with Crippen LogP contribution in [0.5, 0.6) is 5.75 Å². The Morgan fingerprint density at radius 2 is 1.80 bits per heavy atom. The third kappa shape index (κ3) is 4.41. The number of hydrogen-bond donors (Lipinski definition) is 2. The van der Waals surface area contributed by atoms with Crippen molar-refractivity contribution >= 4 is 17.4 Å². The monoisotopic (exact) mass is 343 g/mol. The fourth-order valence-corrected chi connectivity index (χ4v) is 2.98. The summed E-state index contributed by atoms with van der Waals surface area (Å²) in [6.45, 7) is 1.72. The van der Waals surface area contributed by atoms with Gasteiger partial charge in [0.25, 0.3) is 0 Å². The van der Waals surface area contributed by atoms with Gasteiger partial charge in [-0.2, -0.15) is 0 Å². The molecule has 1 aliphatic rings. The first kappa shape index (κ1) is 17.1. The summed E-state index contributed by atoms with van der Waals surface area (Å²) in [4.78, 5) is 14.3. The molecular formula is C19H22FN3O2. The Hall–Kier alpha value is -2.76. The molecule has 0 bridgehead atoms. The first-order chi connectivity index (χ1) is 12.2. The van der Waals surface area contributed by atoms with E-state index in [0.717, 1.165) is 37.4 Å². The van der Waals surface area contributed by atoms with Gasteiger partial charge in [0.2, 0.25) is 0 Å². The van der Waals surface area contributed by atoms with E-state index in [1.807, 2.05) is 24.3 Å². The summed E-state index contributed by atoms with van der Waals surface area (Å²) in [5.74, 6) is 0.400. The molecule has 0 spiro atoms. The van der Waals surface area contributed by atoms with Crippen molar-refractivity contribution in [2.75, 3.05) is 30.4 Å². The summed E-state index contributed by atoms with van der Waals surface area (Å²) in [5, 5.41) is 5.48. The second-order valence-electron chi connectivity index (χ2n) is 6.04. The zero-order valence-electron chi connectivity index (χ0n) is 14.2. The van der Waals surface area contributed by atoms with Crippen molar-refractivity contribution < 1.29 is 13.9 Å². The number of para-hydroxylation sites is 1. The van der Waals surface area contributed by atoms with Gasteiger partial charge in [-0.3, -0.25) is 0 Å². The number of benzene rings is 2. The van der Waals surface area contributed by atoms with Crippen molar-refractivity contribution in [3.05, 3.63) is 54.3 Å². The van der Waals surface area contributed by atoms with E-state index in [2.05, 4.69) is 15.5 Å². The number of rotatable bonds is 4. The predicted molar refractivity (Wildman–Crippen MR) is 96.8 cm³/mol. The third-order valence-corrected chi connectivity index (χ3v) is 4.39. The number of halogens is 1. The second-order valence-corrected chi connectivity index (χ2v) is 6.04. The number of ether oxygens (including phenoxy) is 1. The maximum absolute atomic E-state index is 13.6. The lowest BCUT2D eigenvalue weighted by Gasteiger charge is -2.34. The van der Waals surface area contributed by atoms with Crippen LogP contribution in [0.1, 0.15) is 12.8 Å². The Balaban J connectivity index is 1.48. The van der Waals surface area contributed by atoms with Gasteiger partial charge >= 0.3 is 6.03 Å². The molecule has 0 aliphatic carbocycles. The minimum absolute atomic E-state index is 0.0845. The highest BCUT2D eigenvalue weighted by atomic mass is 19.1. The molecule has 0 radical (unpaired) electrons. The lowest BCUT2D eigenvalue weighted by molar-refractivity contribution is 0.246. The summed E-state index contributed by atoms with van der Waals surface area (Å²) < 4.78 is 18.7. The molecule has 2 amide bonds. The highest BCUT2D eigenvalue weighted by Crippen LogP contribution is 2.23. The maximum atomic E-state index is 13.6. The number of amides is 2. The Labute approximate surface area is 146 Å². The molecule has 2 aromatic carbocycles. The molecule has 132 valence electrons. The van der Waals surface area contributed by atoms with Gasteiger partial charge in [-0.1, -0.05) is 12.1 Å². The largest absolute Gasteiger partial charge is 0.497 e. The summed E-state index contributed by atoms with van der Waals surface area (Å²) in [5.41, 5.74) is 1.34. The SMILES string of the molecule is COc1ccc(N2CCC(NC(=O)Nc3ccccc3F)CC2)cc1. The standard InChI is InChI=1S/C19H22FN3O2/c1-25-16-8-6-15(7-9-16)23-12-10-14(11-13-23)21-19(24)22-18-5-3-2-4-17(18)20/h2-9,14H,10-13H2,1H3,(H2,21,22,24). The Morgan fingerprint density at radius 3 is 2.44 bits per heavy atom. The van der Waals surface area contributed by atoms with Crippen LogP contribution in [0, 0.1) is 5.82 Å². The summed E-state index contributed by atoms with van der Waals surface area (Å²) in [6, 6.07) is 13.8. The molecule has 5 nitrogen and oxygen atoms in total. The number of anilines is 2. The average Bonchev–Trinajstić information content (AvgIpc) is 2.64. The van der Waals surface area contributed by atoms with Crippen LogP contribution in [0.15, 0.2) is 48.5 Å². The van der Waals surface area contributed by atoms with Crippen molar-refractivity contribution in [3.8, 4) is 5.75 Å². The van der Waals surface area contributed by atoms with Gasteiger partial charge < -0.3 is 20.3 Å². The van der Waals surface area contributed by atoms with E-state index in [-0.39, 0.29) is 17.8 Å². The van der Waals surface area contributed by atoms with Gasteiger partial charge in [0.15, 0.2) is 0 Å². The predicted octanol–water partition coefficient (Wildman–Crippen LogP) is 3.62. The lowest BCUT2D eigenvalue weighted by Crippen LogP contribution is -2.46. The van der Waals surface area contributed by atoms with Crippen LogP contribution in [0.3, 0.4) is 0 Å². The van der Waals surface area contributed by atoms with Gasteiger partial charge in [-0.25, -0.2) is 9.18 Å². The topological polar surface area (TPSA) is 53.6 Å². The number of nitrogens with one attached hydrogen (secondary N) is 2. The number of carbonyl (C=O) groups excluding carboxylic acids is 1. The number of hydrogen-bond acceptors (Lipinski definition) is 3. The van der Waals surface area contributed by atoms with Crippen molar-refractivity contribution in [1.29, 1.82) is 0 Å². The first-order valence-electron chi connectivity index (χ1n) is 8.37. The van der Waals surface area contributed by atoms with Crippen LogP contribution in [0.2, 0.25) is 0 Å². The molecule has 6 heteroatoms. The quantitative estimate of drug-likeness (QED) is 0.891. The third-order valence-electron chi connectivity index (χ3n) is 4.39. The Kier molecular flexibility index (Phi) is 5.38. The molecule has 3 rings (SSSR count). The van der Waals surface area contributed by atoms with Crippen molar-refractivity contribution in [3.63, 3.8) is 0 Å². The minimum Gasteiger partial charge on any atom is -0.497 e. The van der Waals surface area contributed by atoms with Crippen LogP contribution in [-0.4, -0.2) is 32.3 Å². The van der Waals surface area contributed by atoms with Crippen LogP contribution in [0.4, 0.5) is 20.6 Å². The first-order valence-corrected chi connectivity index (χ1v) is 8.37. The van der Waals surface area contributed by atoms with E-state index >= 15 is 0 Å². The fourth-order valence-electron chi connectivity index (χ4n) is 2.98. The molecule has 0 unspecified atom stereocenters.